The van der Waals surface area contributed by atoms with Gasteiger partial charge in [0.25, 0.3) is 0 Å². The van der Waals surface area contributed by atoms with Crippen LogP contribution in [0.25, 0.3) is 11.6 Å². The van der Waals surface area contributed by atoms with Gasteiger partial charge in [-0.1, -0.05) is 23.7 Å². The summed E-state index contributed by atoms with van der Waals surface area (Å²) in [5.74, 6) is 0.358. The maximum absolute atomic E-state index is 12.8. The molecule has 5 N–H and O–H groups in total. The van der Waals surface area contributed by atoms with E-state index in [1.807, 2.05) is 6.92 Å². The van der Waals surface area contributed by atoms with E-state index >= 15 is 0 Å². The molecule has 0 radical (unpaired) electrons. The van der Waals surface area contributed by atoms with Gasteiger partial charge in [-0.2, -0.15) is 13.2 Å². The van der Waals surface area contributed by atoms with E-state index in [9.17, 15) is 18.0 Å². The Kier molecular flexibility index (Phi) is 5.76. The highest BCUT2D eigenvalue weighted by molar-refractivity contribution is 5.77. The van der Waals surface area contributed by atoms with Crippen LogP contribution in [0.1, 0.15) is 37.3 Å². The minimum absolute atomic E-state index is 0.0373. The van der Waals surface area contributed by atoms with Crippen LogP contribution in [-0.2, 0) is 12.7 Å². The number of H-pyrrole nitrogens is 1. The Morgan fingerprint density at radius 2 is 1.97 bits per heavy atom. The molecule has 0 spiro atoms. The van der Waals surface area contributed by atoms with Gasteiger partial charge in [-0.15, -0.1) is 0 Å². The van der Waals surface area contributed by atoms with Crippen LogP contribution < -0.4 is 22.1 Å². The van der Waals surface area contributed by atoms with E-state index in [0.29, 0.717) is 23.0 Å². The minimum atomic E-state index is -4.39. The number of hydrogen-bond acceptors (Lipinski definition) is 8. The summed E-state index contributed by atoms with van der Waals surface area (Å²) in [5.41, 5.74) is 6.47. The topological polar surface area (TPSA) is 135 Å². The zero-order valence-electron chi connectivity index (χ0n) is 17.2. The van der Waals surface area contributed by atoms with E-state index in [0.717, 1.165) is 25.0 Å². The minimum Gasteiger partial charge on any atom is -0.382 e. The van der Waals surface area contributed by atoms with Crippen molar-refractivity contribution in [1.82, 2.24) is 20.1 Å². The fourth-order valence-electron chi connectivity index (χ4n) is 3.46. The van der Waals surface area contributed by atoms with Crippen LogP contribution in [0.5, 0.6) is 0 Å². The fraction of sp³-hybridized carbons (Fsp3) is 0.400. The summed E-state index contributed by atoms with van der Waals surface area (Å²) in [4.78, 5) is 22.3. The fourth-order valence-corrected chi connectivity index (χ4v) is 3.46. The molecule has 3 aromatic rings. The van der Waals surface area contributed by atoms with Crippen LogP contribution in [0.15, 0.2) is 33.6 Å². The molecule has 1 aliphatic carbocycles. The number of benzene rings is 1. The van der Waals surface area contributed by atoms with Gasteiger partial charge in [-0.05, 0) is 43.4 Å². The van der Waals surface area contributed by atoms with Crippen LogP contribution in [0, 0.1) is 5.92 Å². The SMILES string of the molecule is CC(Nc1nc(-c2noc(=O)[nH]2)nc(N)c1NCc1ccc(C(F)(F)F)cc1)C1CCC1. The second kappa shape index (κ2) is 8.52. The first-order chi connectivity index (χ1) is 15.2. The van der Waals surface area contributed by atoms with Crippen LogP contribution in [-0.4, -0.2) is 26.2 Å². The van der Waals surface area contributed by atoms with E-state index in [4.69, 9.17) is 5.73 Å². The van der Waals surface area contributed by atoms with Crippen LogP contribution >= 0.6 is 0 Å². The van der Waals surface area contributed by atoms with E-state index < -0.39 is 17.5 Å². The van der Waals surface area contributed by atoms with E-state index in [1.54, 1.807) is 0 Å². The van der Waals surface area contributed by atoms with Crippen molar-refractivity contribution in [2.24, 2.45) is 5.92 Å². The summed E-state index contributed by atoms with van der Waals surface area (Å²) in [6.45, 7) is 2.25. The second-order valence-corrected chi connectivity index (χ2v) is 7.77. The average molecular weight is 449 g/mol. The molecule has 1 fully saturated rings. The number of nitrogens with two attached hydrogens (primary N) is 1. The largest absolute Gasteiger partial charge is 0.439 e. The van der Waals surface area contributed by atoms with Gasteiger partial charge in [0.2, 0.25) is 11.6 Å². The number of aromatic nitrogens is 4. The lowest BCUT2D eigenvalue weighted by Crippen LogP contribution is -2.31. The molecule has 9 nitrogen and oxygen atoms in total. The first kappa shape index (κ1) is 21.7. The van der Waals surface area contributed by atoms with Crippen molar-refractivity contribution in [3.05, 3.63) is 45.9 Å². The molecule has 0 saturated heterocycles. The lowest BCUT2D eigenvalue weighted by Gasteiger charge is -2.32. The average Bonchev–Trinajstić information content (AvgIpc) is 3.12. The van der Waals surface area contributed by atoms with Gasteiger partial charge < -0.3 is 16.4 Å². The molecule has 1 aliphatic rings. The Labute approximate surface area is 180 Å². The zero-order valence-corrected chi connectivity index (χ0v) is 17.2. The summed E-state index contributed by atoms with van der Waals surface area (Å²) in [5, 5.41) is 10.1. The third-order valence-corrected chi connectivity index (χ3v) is 5.56. The van der Waals surface area contributed by atoms with Crippen molar-refractivity contribution in [2.45, 2.75) is 44.9 Å². The molecule has 0 amide bonds. The number of hydrogen-bond donors (Lipinski definition) is 4. The predicted octanol–water partition coefficient (Wildman–Crippen LogP) is 3.63. The smallest absolute Gasteiger partial charge is 0.382 e. The molecule has 1 aromatic carbocycles. The van der Waals surface area contributed by atoms with Gasteiger partial charge in [0.15, 0.2) is 11.6 Å². The monoisotopic (exact) mass is 449 g/mol. The highest BCUT2D eigenvalue weighted by atomic mass is 19.4. The molecule has 1 unspecified atom stereocenters. The maximum Gasteiger partial charge on any atom is 0.439 e. The third kappa shape index (κ3) is 4.68. The molecule has 0 bridgehead atoms. The van der Waals surface area contributed by atoms with Crippen molar-refractivity contribution in [3.8, 4) is 11.6 Å². The van der Waals surface area contributed by atoms with Crippen molar-refractivity contribution >= 4 is 17.3 Å². The first-order valence-electron chi connectivity index (χ1n) is 10.1. The first-order valence-corrected chi connectivity index (χ1v) is 10.1. The molecule has 2 heterocycles. The second-order valence-electron chi connectivity index (χ2n) is 7.77. The maximum atomic E-state index is 12.8. The van der Waals surface area contributed by atoms with E-state index in [1.165, 1.54) is 18.6 Å². The van der Waals surface area contributed by atoms with Gasteiger partial charge in [0, 0.05) is 12.6 Å². The molecule has 2 aromatic heterocycles. The predicted molar refractivity (Wildman–Crippen MR) is 112 cm³/mol. The van der Waals surface area contributed by atoms with Gasteiger partial charge in [-0.25, -0.2) is 14.8 Å². The lowest BCUT2D eigenvalue weighted by molar-refractivity contribution is -0.137. The summed E-state index contributed by atoms with van der Waals surface area (Å²) in [6, 6.07) is 4.95. The Hall–Kier alpha value is -3.57. The standard InChI is InChI=1S/C20H22F3N7O2/c1-10(12-3-2-4-12)26-16-14(15(24)27-17(28-16)18-29-19(31)32-30-18)25-9-11-5-7-13(8-6-11)20(21,22)23/h5-8,10,12,25H,2-4,9H2,1H3,(H,29,30,31)(H3,24,26,27,28). The van der Waals surface area contributed by atoms with Gasteiger partial charge in [0.05, 0.1) is 5.56 Å². The summed E-state index contributed by atoms with van der Waals surface area (Å²) >= 11 is 0. The molecule has 170 valence electrons. The number of aromatic amines is 1. The number of halogens is 3. The van der Waals surface area contributed by atoms with E-state index in [2.05, 4.69) is 35.3 Å². The Bertz CT molecular complexity index is 1140. The quantitative estimate of drug-likeness (QED) is 0.430. The van der Waals surface area contributed by atoms with Gasteiger partial charge in [0.1, 0.15) is 5.69 Å². The molecular weight excluding hydrogens is 427 g/mol. The highest BCUT2D eigenvalue weighted by Gasteiger charge is 2.30. The molecular formula is C20H22F3N7O2. The summed E-state index contributed by atoms with van der Waals surface area (Å²) < 4.78 is 42.9. The normalized spacial score (nSPS) is 15.2. The Balaban J connectivity index is 1.59. The molecule has 12 heteroatoms. The van der Waals surface area contributed by atoms with Crippen LogP contribution in [0.3, 0.4) is 0 Å². The van der Waals surface area contributed by atoms with Crippen LogP contribution in [0.2, 0.25) is 0 Å². The lowest BCUT2D eigenvalue weighted by atomic mass is 9.80. The molecule has 0 aliphatic heterocycles. The highest BCUT2D eigenvalue weighted by Crippen LogP contribution is 2.34. The Morgan fingerprint density at radius 3 is 2.53 bits per heavy atom. The van der Waals surface area contributed by atoms with E-state index in [-0.39, 0.29) is 30.1 Å². The number of nitrogen functional groups attached to an aromatic ring is 1. The number of nitrogens with zero attached hydrogens (tertiary/aromatic N) is 3. The van der Waals surface area contributed by atoms with Crippen molar-refractivity contribution in [3.63, 3.8) is 0 Å². The van der Waals surface area contributed by atoms with Crippen LogP contribution in [0.4, 0.5) is 30.5 Å². The number of nitrogens with one attached hydrogen (secondary N) is 3. The van der Waals surface area contributed by atoms with Crippen molar-refractivity contribution in [1.29, 1.82) is 0 Å². The van der Waals surface area contributed by atoms with Crippen molar-refractivity contribution in [2.75, 3.05) is 16.4 Å². The number of alkyl halides is 3. The molecule has 1 saturated carbocycles. The number of rotatable bonds is 7. The van der Waals surface area contributed by atoms with Crippen molar-refractivity contribution < 1.29 is 17.7 Å². The van der Waals surface area contributed by atoms with Gasteiger partial charge >= 0.3 is 11.9 Å². The number of anilines is 3. The van der Waals surface area contributed by atoms with Gasteiger partial charge in [-0.3, -0.25) is 9.51 Å². The summed E-state index contributed by atoms with van der Waals surface area (Å²) in [6.07, 6.45) is -1.01. The summed E-state index contributed by atoms with van der Waals surface area (Å²) in [7, 11) is 0. The third-order valence-electron chi connectivity index (χ3n) is 5.56. The molecule has 32 heavy (non-hydrogen) atoms. The molecule has 4 rings (SSSR count). The zero-order chi connectivity index (χ0) is 22.9. The Morgan fingerprint density at radius 1 is 1.25 bits per heavy atom. The molecule has 1 atom stereocenters.